The third-order valence-corrected chi connectivity index (χ3v) is 5.31. The normalized spacial score (nSPS) is 16.4. The van der Waals surface area contributed by atoms with Gasteiger partial charge < -0.3 is 0 Å². The Bertz CT molecular complexity index is 881. The first-order valence-corrected chi connectivity index (χ1v) is 9.22. The van der Waals surface area contributed by atoms with Crippen molar-refractivity contribution in [3.8, 4) is 0 Å². The van der Waals surface area contributed by atoms with Crippen LogP contribution >= 0.6 is 11.3 Å². The van der Waals surface area contributed by atoms with Crippen LogP contribution in [0.1, 0.15) is 35.8 Å². The molecule has 4 heterocycles. The van der Waals surface area contributed by atoms with Crippen LogP contribution in [-0.2, 0) is 6.54 Å². The molecule has 0 bridgehead atoms. The molecule has 1 N–H and O–H groups in total. The van der Waals surface area contributed by atoms with Crippen LogP contribution in [0.5, 0.6) is 0 Å². The van der Waals surface area contributed by atoms with E-state index in [1.807, 2.05) is 5.38 Å². The summed E-state index contributed by atoms with van der Waals surface area (Å²) >= 11 is 1.44. The highest BCUT2D eigenvalue weighted by molar-refractivity contribution is 7.14. The molecule has 0 radical (unpaired) electrons. The topological polar surface area (TPSA) is 88.3 Å². The third kappa shape index (κ3) is 3.52. The van der Waals surface area contributed by atoms with Gasteiger partial charge in [-0.2, -0.15) is 4.52 Å². The summed E-state index contributed by atoms with van der Waals surface area (Å²) in [7, 11) is 0. The summed E-state index contributed by atoms with van der Waals surface area (Å²) in [5.41, 5.74) is 1.85. The molecule has 1 amide bonds. The lowest BCUT2D eigenvalue weighted by Gasteiger charge is -2.29. The number of anilines is 1. The van der Waals surface area contributed by atoms with Crippen molar-refractivity contribution in [2.45, 2.75) is 26.3 Å². The zero-order valence-corrected chi connectivity index (χ0v) is 14.7. The Hall–Kier alpha value is -2.39. The Kier molecular flexibility index (Phi) is 4.41. The number of fused-ring (bicyclic) bond motifs is 1. The molecular formula is C16H19N7OS. The molecule has 3 aromatic rings. The number of nitrogens with one attached hydrogen (secondary N) is 1. The largest absolute Gasteiger partial charge is 0.298 e. The van der Waals surface area contributed by atoms with E-state index in [0.717, 1.165) is 31.2 Å². The minimum absolute atomic E-state index is 0.256. The van der Waals surface area contributed by atoms with E-state index >= 15 is 0 Å². The van der Waals surface area contributed by atoms with Crippen LogP contribution in [0, 0.1) is 5.92 Å². The Morgan fingerprint density at radius 2 is 2.24 bits per heavy atom. The Balaban J connectivity index is 1.42. The maximum absolute atomic E-state index is 12.5. The number of carbonyl (C=O) groups is 1. The van der Waals surface area contributed by atoms with E-state index in [1.165, 1.54) is 28.7 Å². The van der Waals surface area contributed by atoms with Crippen LogP contribution in [-0.4, -0.2) is 48.9 Å². The molecule has 0 saturated carbocycles. The number of tetrazole rings is 1. The van der Waals surface area contributed by atoms with Crippen molar-refractivity contribution in [3.05, 3.63) is 35.0 Å². The number of amides is 1. The van der Waals surface area contributed by atoms with Gasteiger partial charge in [0.2, 0.25) is 0 Å². The van der Waals surface area contributed by atoms with E-state index in [-0.39, 0.29) is 5.91 Å². The average molecular weight is 357 g/mol. The molecule has 3 aromatic heterocycles. The number of rotatable bonds is 4. The van der Waals surface area contributed by atoms with Gasteiger partial charge >= 0.3 is 0 Å². The van der Waals surface area contributed by atoms with E-state index in [9.17, 15) is 4.79 Å². The number of likely N-dealkylation sites (tertiary alicyclic amines) is 1. The van der Waals surface area contributed by atoms with Crippen molar-refractivity contribution in [1.82, 2.24) is 29.9 Å². The second kappa shape index (κ2) is 6.85. The van der Waals surface area contributed by atoms with Crippen LogP contribution in [0.2, 0.25) is 0 Å². The van der Waals surface area contributed by atoms with E-state index in [0.29, 0.717) is 16.3 Å². The number of pyridine rings is 1. The van der Waals surface area contributed by atoms with Crippen molar-refractivity contribution < 1.29 is 4.79 Å². The maximum atomic E-state index is 12.5. The van der Waals surface area contributed by atoms with Crippen LogP contribution in [0.15, 0.2) is 23.7 Å². The Morgan fingerprint density at radius 3 is 3.08 bits per heavy atom. The van der Waals surface area contributed by atoms with Crippen LogP contribution < -0.4 is 5.32 Å². The quantitative estimate of drug-likeness (QED) is 0.769. The number of nitrogens with zero attached hydrogens (tertiary/aromatic N) is 6. The summed E-state index contributed by atoms with van der Waals surface area (Å²) < 4.78 is 1.47. The smallest absolute Gasteiger partial charge is 0.261 e. The molecule has 0 unspecified atom stereocenters. The Labute approximate surface area is 148 Å². The number of hydrogen-bond acceptors (Lipinski definition) is 7. The summed E-state index contributed by atoms with van der Waals surface area (Å²) in [6.07, 6.45) is 4.18. The van der Waals surface area contributed by atoms with Crippen LogP contribution in [0.3, 0.4) is 0 Å². The van der Waals surface area contributed by atoms with Crippen molar-refractivity contribution in [2.75, 3.05) is 18.4 Å². The number of aromatic nitrogens is 5. The zero-order valence-electron chi connectivity index (χ0n) is 13.9. The number of piperidine rings is 1. The van der Waals surface area contributed by atoms with Gasteiger partial charge in [-0.1, -0.05) is 6.92 Å². The predicted molar refractivity (Wildman–Crippen MR) is 94.5 cm³/mol. The van der Waals surface area contributed by atoms with Gasteiger partial charge in [0, 0.05) is 18.1 Å². The van der Waals surface area contributed by atoms with Gasteiger partial charge in [0.15, 0.2) is 10.8 Å². The summed E-state index contributed by atoms with van der Waals surface area (Å²) in [5, 5.41) is 16.7. The van der Waals surface area contributed by atoms with E-state index in [4.69, 9.17) is 0 Å². The molecule has 1 aliphatic heterocycles. The summed E-state index contributed by atoms with van der Waals surface area (Å²) in [5.74, 6) is 0.559. The highest BCUT2D eigenvalue weighted by atomic mass is 32.1. The predicted octanol–water partition coefficient (Wildman–Crippen LogP) is 2.06. The SMILES string of the molecule is CC1CCN(Cc2csc(NC(=O)c3cccn4nnnc34)n2)CC1. The Morgan fingerprint density at radius 1 is 1.40 bits per heavy atom. The summed E-state index contributed by atoms with van der Waals surface area (Å²) in [4.78, 5) is 19.5. The van der Waals surface area contributed by atoms with Crippen molar-refractivity contribution in [3.63, 3.8) is 0 Å². The molecule has 0 atom stereocenters. The van der Waals surface area contributed by atoms with Crippen molar-refractivity contribution in [1.29, 1.82) is 0 Å². The molecule has 1 aliphatic rings. The molecule has 25 heavy (non-hydrogen) atoms. The molecule has 130 valence electrons. The molecule has 0 spiro atoms. The number of carbonyl (C=O) groups excluding carboxylic acids is 1. The zero-order chi connectivity index (χ0) is 17.2. The molecule has 1 fully saturated rings. The first-order valence-electron chi connectivity index (χ1n) is 8.34. The average Bonchev–Trinajstić information content (AvgIpc) is 3.25. The summed E-state index contributed by atoms with van der Waals surface area (Å²) in [6.45, 7) is 5.37. The molecular weight excluding hydrogens is 338 g/mol. The number of thiazole rings is 1. The van der Waals surface area contributed by atoms with Crippen molar-refractivity contribution in [2.24, 2.45) is 5.92 Å². The molecule has 0 aromatic carbocycles. The fourth-order valence-corrected chi connectivity index (χ4v) is 3.69. The lowest BCUT2D eigenvalue weighted by atomic mass is 9.99. The van der Waals surface area contributed by atoms with Gasteiger partial charge in [0.1, 0.15) is 0 Å². The monoisotopic (exact) mass is 357 g/mol. The standard InChI is InChI=1S/C16H19N7OS/c1-11-4-7-22(8-5-11)9-12-10-25-16(17-12)18-15(24)13-3-2-6-23-14(13)19-20-21-23/h2-3,6,10-11H,4-5,7-9H2,1H3,(H,17,18,24). The fraction of sp³-hybridized carbons (Fsp3) is 0.438. The highest BCUT2D eigenvalue weighted by Gasteiger charge is 2.18. The molecule has 9 heteroatoms. The minimum atomic E-state index is -0.256. The molecule has 0 aliphatic carbocycles. The second-order valence-corrected chi connectivity index (χ2v) is 7.28. The molecule has 1 saturated heterocycles. The fourth-order valence-electron chi connectivity index (χ4n) is 2.99. The van der Waals surface area contributed by atoms with E-state index < -0.39 is 0 Å². The highest BCUT2D eigenvalue weighted by Crippen LogP contribution is 2.21. The first kappa shape index (κ1) is 16.1. The van der Waals surface area contributed by atoms with E-state index in [2.05, 4.69) is 37.6 Å². The number of hydrogen-bond donors (Lipinski definition) is 1. The lowest BCUT2D eigenvalue weighted by Crippen LogP contribution is -2.32. The maximum Gasteiger partial charge on any atom is 0.261 e. The first-order chi connectivity index (χ1) is 12.2. The lowest BCUT2D eigenvalue weighted by molar-refractivity contribution is 0.102. The molecule has 8 nitrogen and oxygen atoms in total. The summed E-state index contributed by atoms with van der Waals surface area (Å²) in [6, 6.07) is 3.44. The van der Waals surface area contributed by atoms with Crippen LogP contribution in [0.25, 0.3) is 5.65 Å². The van der Waals surface area contributed by atoms with Crippen LogP contribution in [0.4, 0.5) is 5.13 Å². The van der Waals surface area contributed by atoms with Gasteiger partial charge in [0.05, 0.1) is 11.3 Å². The third-order valence-electron chi connectivity index (χ3n) is 4.50. The molecule has 4 rings (SSSR count). The van der Waals surface area contributed by atoms with Gasteiger partial charge in [-0.15, -0.1) is 16.4 Å². The van der Waals surface area contributed by atoms with Gasteiger partial charge in [-0.05, 0) is 54.4 Å². The second-order valence-electron chi connectivity index (χ2n) is 6.43. The minimum Gasteiger partial charge on any atom is -0.298 e. The van der Waals surface area contributed by atoms with E-state index in [1.54, 1.807) is 18.3 Å². The van der Waals surface area contributed by atoms with Gasteiger partial charge in [0.25, 0.3) is 5.91 Å². The van der Waals surface area contributed by atoms with Crippen molar-refractivity contribution >= 4 is 28.0 Å². The van der Waals surface area contributed by atoms with Gasteiger partial charge in [-0.3, -0.25) is 15.0 Å². The van der Waals surface area contributed by atoms with Gasteiger partial charge in [-0.25, -0.2) is 4.98 Å².